The standard InChI is InChI=1S/C16H18N2O/c1-11(17-13-9-10-13)16(19)18-15-8-4-6-12-5-2-3-7-14(12)15/h2-8,11,13,17H,9-10H2,1H3,(H,18,19). The molecule has 3 nitrogen and oxygen atoms in total. The lowest BCUT2D eigenvalue weighted by atomic mass is 10.1. The molecule has 3 rings (SSSR count). The second-order valence-electron chi connectivity index (χ2n) is 5.18. The van der Waals surface area contributed by atoms with Crippen molar-refractivity contribution in [1.82, 2.24) is 5.32 Å². The molecule has 1 unspecified atom stereocenters. The Morgan fingerprint density at radius 3 is 2.68 bits per heavy atom. The molecule has 2 aromatic carbocycles. The lowest BCUT2D eigenvalue weighted by molar-refractivity contribution is -0.117. The van der Waals surface area contributed by atoms with Gasteiger partial charge in [0.15, 0.2) is 0 Å². The molecule has 98 valence electrons. The van der Waals surface area contributed by atoms with Crippen molar-refractivity contribution >= 4 is 22.4 Å². The van der Waals surface area contributed by atoms with Crippen LogP contribution in [0, 0.1) is 0 Å². The summed E-state index contributed by atoms with van der Waals surface area (Å²) in [5.41, 5.74) is 0.882. The SMILES string of the molecule is CC(NC1CC1)C(=O)Nc1cccc2ccccc12. The van der Waals surface area contributed by atoms with E-state index in [1.54, 1.807) is 0 Å². The van der Waals surface area contributed by atoms with Crippen LogP contribution in [0.25, 0.3) is 10.8 Å². The lowest BCUT2D eigenvalue weighted by Gasteiger charge is -2.14. The van der Waals surface area contributed by atoms with Crippen LogP contribution in [0.2, 0.25) is 0 Å². The van der Waals surface area contributed by atoms with E-state index in [2.05, 4.69) is 22.8 Å². The van der Waals surface area contributed by atoms with Gasteiger partial charge in [0.05, 0.1) is 6.04 Å². The second-order valence-corrected chi connectivity index (χ2v) is 5.18. The summed E-state index contributed by atoms with van der Waals surface area (Å²) in [6, 6.07) is 14.4. The fraction of sp³-hybridized carbons (Fsp3) is 0.312. The maximum absolute atomic E-state index is 12.1. The van der Waals surface area contributed by atoms with Crippen molar-refractivity contribution in [2.45, 2.75) is 31.8 Å². The Labute approximate surface area is 113 Å². The van der Waals surface area contributed by atoms with Gasteiger partial charge in [0.25, 0.3) is 0 Å². The van der Waals surface area contributed by atoms with Crippen LogP contribution in [0.1, 0.15) is 19.8 Å². The summed E-state index contributed by atoms with van der Waals surface area (Å²) in [6.45, 7) is 1.92. The van der Waals surface area contributed by atoms with E-state index in [1.807, 2.05) is 37.3 Å². The molecule has 1 fully saturated rings. The first kappa shape index (κ1) is 12.2. The third-order valence-electron chi connectivity index (χ3n) is 3.50. The Balaban J connectivity index is 1.78. The molecule has 2 N–H and O–H groups in total. The van der Waals surface area contributed by atoms with Gasteiger partial charge in [-0.1, -0.05) is 36.4 Å². The van der Waals surface area contributed by atoms with Crippen LogP contribution in [0.3, 0.4) is 0 Å². The number of amides is 1. The average molecular weight is 254 g/mol. The van der Waals surface area contributed by atoms with Gasteiger partial charge in [-0.25, -0.2) is 0 Å². The predicted octanol–water partition coefficient (Wildman–Crippen LogP) is 2.92. The molecule has 1 aliphatic carbocycles. The molecule has 0 spiro atoms. The van der Waals surface area contributed by atoms with Gasteiger partial charge < -0.3 is 10.6 Å². The van der Waals surface area contributed by atoms with E-state index in [9.17, 15) is 4.79 Å². The van der Waals surface area contributed by atoms with Crippen molar-refractivity contribution in [3.63, 3.8) is 0 Å². The van der Waals surface area contributed by atoms with E-state index < -0.39 is 0 Å². The van der Waals surface area contributed by atoms with E-state index in [1.165, 1.54) is 12.8 Å². The smallest absolute Gasteiger partial charge is 0.241 e. The maximum Gasteiger partial charge on any atom is 0.241 e. The summed E-state index contributed by atoms with van der Waals surface area (Å²) in [4.78, 5) is 12.1. The van der Waals surface area contributed by atoms with Gasteiger partial charge in [-0.2, -0.15) is 0 Å². The highest BCUT2D eigenvalue weighted by atomic mass is 16.2. The van der Waals surface area contributed by atoms with Crippen LogP contribution >= 0.6 is 0 Å². The fourth-order valence-corrected chi connectivity index (χ4v) is 2.25. The summed E-state index contributed by atoms with van der Waals surface area (Å²) < 4.78 is 0. The molecule has 0 aliphatic heterocycles. The second kappa shape index (κ2) is 5.02. The van der Waals surface area contributed by atoms with Crippen molar-refractivity contribution in [2.24, 2.45) is 0 Å². The fourth-order valence-electron chi connectivity index (χ4n) is 2.25. The van der Waals surface area contributed by atoms with Crippen LogP contribution < -0.4 is 10.6 Å². The van der Waals surface area contributed by atoms with Crippen LogP contribution in [0.4, 0.5) is 5.69 Å². The number of carbonyl (C=O) groups excluding carboxylic acids is 1. The lowest BCUT2D eigenvalue weighted by Crippen LogP contribution is -2.39. The molecule has 19 heavy (non-hydrogen) atoms. The minimum absolute atomic E-state index is 0.0308. The summed E-state index contributed by atoms with van der Waals surface area (Å²) in [7, 11) is 0. The minimum Gasteiger partial charge on any atom is -0.324 e. The molecular weight excluding hydrogens is 236 g/mol. The third-order valence-corrected chi connectivity index (χ3v) is 3.50. The first-order chi connectivity index (χ1) is 9.24. The molecule has 3 heteroatoms. The molecule has 0 heterocycles. The average Bonchev–Trinajstić information content (AvgIpc) is 3.23. The monoisotopic (exact) mass is 254 g/mol. The van der Waals surface area contributed by atoms with E-state index >= 15 is 0 Å². The first-order valence-electron chi connectivity index (χ1n) is 6.79. The van der Waals surface area contributed by atoms with E-state index in [4.69, 9.17) is 0 Å². The molecule has 0 saturated heterocycles. The number of fused-ring (bicyclic) bond motifs is 1. The highest BCUT2D eigenvalue weighted by Gasteiger charge is 2.25. The number of carbonyl (C=O) groups is 1. The van der Waals surface area contributed by atoms with E-state index in [0.29, 0.717) is 6.04 Å². The number of hydrogen-bond donors (Lipinski definition) is 2. The maximum atomic E-state index is 12.1. The zero-order valence-corrected chi connectivity index (χ0v) is 11.0. The van der Waals surface area contributed by atoms with Crippen molar-refractivity contribution in [3.8, 4) is 0 Å². The van der Waals surface area contributed by atoms with E-state index in [-0.39, 0.29) is 11.9 Å². The Morgan fingerprint density at radius 2 is 1.89 bits per heavy atom. The highest BCUT2D eigenvalue weighted by Crippen LogP contribution is 2.23. The Morgan fingerprint density at radius 1 is 1.16 bits per heavy atom. The Hall–Kier alpha value is -1.87. The first-order valence-corrected chi connectivity index (χ1v) is 6.79. The van der Waals surface area contributed by atoms with Crippen molar-refractivity contribution in [2.75, 3.05) is 5.32 Å². The van der Waals surface area contributed by atoms with Crippen LogP contribution in [-0.2, 0) is 4.79 Å². The van der Waals surface area contributed by atoms with Gasteiger partial charge >= 0.3 is 0 Å². The molecule has 1 saturated carbocycles. The topological polar surface area (TPSA) is 41.1 Å². The van der Waals surface area contributed by atoms with Gasteiger partial charge in [-0.3, -0.25) is 4.79 Å². The van der Waals surface area contributed by atoms with Crippen molar-refractivity contribution in [3.05, 3.63) is 42.5 Å². The number of nitrogens with one attached hydrogen (secondary N) is 2. The van der Waals surface area contributed by atoms with Crippen molar-refractivity contribution in [1.29, 1.82) is 0 Å². The molecular formula is C16H18N2O. The Bertz CT molecular complexity index is 599. The summed E-state index contributed by atoms with van der Waals surface area (Å²) >= 11 is 0. The number of hydrogen-bond acceptors (Lipinski definition) is 2. The summed E-state index contributed by atoms with van der Waals surface area (Å²) in [5, 5.41) is 8.55. The van der Waals surface area contributed by atoms with Crippen LogP contribution in [-0.4, -0.2) is 18.0 Å². The zero-order valence-electron chi connectivity index (χ0n) is 11.0. The molecule has 2 aromatic rings. The number of anilines is 1. The summed E-state index contributed by atoms with van der Waals surface area (Å²) in [5.74, 6) is 0.0308. The largest absolute Gasteiger partial charge is 0.324 e. The van der Waals surface area contributed by atoms with E-state index in [0.717, 1.165) is 16.5 Å². The molecule has 1 aliphatic rings. The normalized spacial score (nSPS) is 16.3. The predicted molar refractivity (Wildman–Crippen MR) is 78.2 cm³/mol. The van der Waals surface area contributed by atoms with Gasteiger partial charge in [-0.15, -0.1) is 0 Å². The number of benzene rings is 2. The molecule has 1 amide bonds. The molecule has 0 aromatic heterocycles. The zero-order chi connectivity index (χ0) is 13.2. The van der Waals surface area contributed by atoms with Crippen molar-refractivity contribution < 1.29 is 4.79 Å². The molecule has 0 radical (unpaired) electrons. The molecule has 1 atom stereocenters. The Kier molecular flexibility index (Phi) is 3.22. The minimum atomic E-state index is -0.147. The summed E-state index contributed by atoms with van der Waals surface area (Å²) in [6.07, 6.45) is 2.37. The number of rotatable bonds is 4. The van der Waals surface area contributed by atoms with Crippen LogP contribution in [0.15, 0.2) is 42.5 Å². The quantitative estimate of drug-likeness (QED) is 0.880. The third kappa shape index (κ3) is 2.76. The van der Waals surface area contributed by atoms with Gasteiger partial charge in [-0.05, 0) is 31.2 Å². The van der Waals surface area contributed by atoms with Crippen LogP contribution in [0.5, 0.6) is 0 Å². The van der Waals surface area contributed by atoms with Gasteiger partial charge in [0.2, 0.25) is 5.91 Å². The van der Waals surface area contributed by atoms with Gasteiger partial charge in [0.1, 0.15) is 0 Å². The highest BCUT2D eigenvalue weighted by molar-refractivity contribution is 6.03. The molecule has 0 bridgehead atoms. The van der Waals surface area contributed by atoms with Gasteiger partial charge in [0, 0.05) is 17.1 Å².